The first kappa shape index (κ1) is 63.0. The quantitative estimate of drug-likeness (QED) is 0.0939. The molecule has 95 heavy (non-hydrogen) atoms. The monoisotopic (exact) mass is 1320 g/mol. The van der Waals surface area contributed by atoms with Crippen molar-refractivity contribution >= 4 is 116 Å². The molecule has 21 heteroatoms. The second kappa shape index (κ2) is 26.4. The second-order valence-corrected chi connectivity index (χ2v) is 29.2. The molecule has 0 bridgehead atoms. The molecule has 18 nitrogen and oxygen atoms in total. The summed E-state index contributed by atoms with van der Waals surface area (Å²) in [7, 11) is 3.68. The first-order valence-corrected chi connectivity index (χ1v) is 35.2. The third-order valence-electron chi connectivity index (χ3n) is 19.7. The van der Waals surface area contributed by atoms with E-state index in [2.05, 4.69) is 127 Å². The molecule has 13 aromatic rings. The Morgan fingerprint density at radius 3 is 1.20 bits per heavy atom. The van der Waals surface area contributed by atoms with Crippen LogP contribution in [0.1, 0.15) is 135 Å². The number of carboxylic acid groups (broad SMARTS) is 1. The van der Waals surface area contributed by atoms with Gasteiger partial charge in [-0.1, -0.05) is 60.7 Å². The number of carbonyl (C=O) groups excluding carboxylic acids is 2. The van der Waals surface area contributed by atoms with Crippen LogP contribution in [0.15, 0.2) is 135 Å². The molecule has 0 spiro atoms. The van der Waals surface area contributed by atoms with Crippen LogP contribution in [0.25, 0.3) is 78.5 Å². The summed E-state index contributed by atoms with van der Waals surface area (Å²) in [5.41, 5.74) is 29.1. The van der Waals surface area contributed by atoms with E-state index < -0.39 is 5.97 Å². The number of aryl methyl sites for hydroxylation is 3. The lowest BCUT2D eigenvalue weighted by Gasteiger charge is -2.28. The number of thiophene rings is 3. The first-order valence-electron chi connectivity index (χ1n) is 32.8. The van der Waals surface area contributed by atoms with Crippen LogP contribution in [0.3, 0.4) is 0 Å². The number of carboxylic acids is 1. The summed E-state index contributed by atoms with van der Waals surface area (Å²) in [6.45, 7) is 6.40. The Morgan fingerprint density at radius 1 is 0.495 bits per heavy atom. The van der Waals surface area contributed by atoms with Crippen molar-refractivity contribution in [2.45, 2.75) is 122 Å². The summed E-state index contributed by atoms with van der Waals surface area (Å²) >= 11 is 5.24. The van der Waals surface area contributed by atoms with Gasteiger partial charge in [-0.15, -0.1) is 34.0 Å². The predicted molar refractivity (Wildman–Crippen MR) is 382 cm³/mol. The summed E-state index contributed by atoms with van der Waals surface area (Å²) in [6, 6.07) is 29.5. The van der Waals surface area contributed by atoms with Gasteiger partial charge in [0.25, 0.3) is 0 Å². The number of pyridine rings is 1. The van der Waals surface area contributed by atoms with Crippen LogP contribution in [0.5, 0.6) is 0 Å². The molecule has 484 valence electrons. The molecule has 0 radical (unpaired) electrons. The highest BCUT2D eigenvalue weighted by atomic mass is 32.1. The molecule has 0 unspecified atom stereocenters. The fourth-order valence-corrected chi connectivity index (χ4v) is 18.1. The number of amides is 1. The van der Waals surface area contributed by atoms with Crippen molar-refractivity contribution in [3.05, 3.63) is 174 Å². The van der Waals surface area contributed by atoms with Gasteiger partial charge in [0.05, 0.1) is 20.5 Å². The minimum Gasteiger partial charge on any atom is -0.481 e. The number of hydrogen-bond donors (Lipinski definition) is 4. The van der Waals surface area contributed by atoms with Crippen molar-refractivity contribution in [2.75, 3.05) is 31.3 Å². The number of nitrogens with zero attached hydrogens (tertiary/aromatic N) is 11. The normalized spacial score (nSPS) is 19.0. The molecule has 3 fully saturated rings. The summed E-state index contributed by atoms with van der Waals surface area (Å²) < 4.78 is 10.1. The third kappa shape index (κ3) is 12.3. The SMILES string of the molecule is Cc1cccc2cc(-c3nc(C4CCC(C(=O)Cc5cccnc5)CC4)n4ccnc(N)c34)sc12.Cc1cccc2cc(-c3nc(C4CCC(C(=O)N(C)C)CC4)n4ccnc(N)c34)sc12.Cc1cccc2cc(-c3nc(C4CCC(C(=O)O)CC4)n4ccnc(N)c34)sc12. The number of Topliss-reactive ketones (excluding diaryl/α,β-unsaturated/α-hetero) is 1. The minimum atomic E-state index is -0.689. The van der Waals surface area contributed by atoms with E-state index in [9.17, 15) is 19.5 Å². The van der Waals surface area contributed by atoms with E-state index in [1.807, 2.05) is 44.8 Å². The molecular formula is C74H76N14O4S3. The van der Waals surface area contributed by atoms with Gasteiger partial charge >= 0.3 is 5.97 Å². The lowest BCUT2D eigenvalue weighted by atomic mass is 9.78. The maximum Gasteiger partial charge on any atom is 0.306 e. The number of rotatable bonds is 11. The fraction of sp³-hybridized carbons (Fsp3) is 0.324. The van der Waals surface area contributed by atoms with Gasteiger partial charge in [-0.05, 0) is 160 Å². The lowest BCUT2D eigenvalue weighted by molar-refractivity contribution is -0.143. The molecule has 0 aliphatic heterocycles. The number of anilines is 3. The average Bonchev–Trinajstić information content (AvgIpc) is 1.63. The van der Waals surface area contributed by atoms with E-state index in [4.69, 9.17) is 32.2 Å². The number of imidazole rings is 3. The van der Waals surface area contributed by atoms with E-state index in [0.29, 0.717) is 48.4 Å². The van der Waals surface area contributed by atoms with Crippen LogP contribution in [0.2, 0.25) is 0 Å². The van der Waals surface area contributed by atoms with Crippen molar-refractivity contribution in [2.24, 2.45) is 17.8 Å². The van der Waals surface area contributed by atoms with Crippen molar-refractivity contribution in [1.29, 1.82) is 0 Å². The highest BCUT2D eigenvalue weighted by Gasteiger charge is 2.35. The molecule has 0 saturated heterocycles. The Bertz CT molecular complexity index is 5040. The van der Waals surface area contributed by atoms with Gasteiger partial charge in [-0.3, -0.25) is 32.6 Å². The van der Waals surface area contributed by atoms with Gasteiger partial charge in [0.2, 0.25) is 5.91 Å². The number of ketones is 1. The summed E-state index contributed by atoms with van der Waals surface area (Å²) in [5.74, 6) is 5.16. The summed E-state index contributed by atoms with van der Waals surface area (Å²) in [6.07, 6.45) is 25.4. The number of benzene rings is 3. The van der Waals surface area contributed by atoms with Crippen molar-refractivity contribution in [1.82, 2.24) is 53.0 Å². The Labute approximate surface area is 562 Å². The maximum atomic E-state index is 12.9. The topological polar surface area (TPSA) is 256 Å². The van der Waals surface area contributed by atoms with Crippen molar-refractivity contribution in [3.63, 3.8) is 0 Å². The van der Waals surface area contributed by atoms with Crippen molar-refractivity contribution < 1.29 is 19.5 Å². The molecule has 0 atom stereocenters. The summed E-state index contributed by atoms with van der Waals surface area (Å²) in [4.78, 5) is 74.1. The Hall–Kier alpha value is -9.44. The largest absolute Gasteiger partial charge is 0.481 e. The Balaban J connectivity index is 0.000000123. The zero-order valence-electron chi connectivity index (χ0n) is 53.9. The minimum absolute atomic E-state index is 0.106. The smallest absolute Gasteiger partial charge is 0.306 e. The van der Waals surface area contributed by atoms with E-state index in [1.54, 1.807) is 69.9 Å². The molecule has 16 rings (SSSR count). The van der Waals surface area contributed by atoms with Crippen LogP contribution >= 0.6 is 34.0 Å². The molecule has 3 aliphatic carbocycles. The van der Waals surface area contributed by atoms with Gasteiger partial charge in [-0.25, -0.2) is 29.9 Å². The van der Waals surface area contributed by atoms with Gasteiger partial charge in [0, 0.05) is 114 Å². The van der Waals surface area contributed by atoms with Crippen LogP contribution in [-0.2, 0) is 20.8 Å². The van der Waals surface area contributed by atoms with E-state index in [-0.39, 0.29) is 35.5 Å². The molecule has 10 aromatic heterocycles. The highest BCUT2D eigenvalue weighted by Crippen LogP contribution is 2.46. The predicted octanol–water partition coefficient (Wildman–Crippen LogP) is 15.7. The highest BCUT2D eigenvalue weighted by molar-refractivity contribution is 7.23. The second-order valence-electron chi connectivity index (χ2n) is 26.1. The Kier molecular flexibility index (Phi) is 17.5. The zero-order chi connectivity index (χ0) is 65.8. The van der Waals surface area contributed by atoms with Gasteiger partial charge in [0.1, 0.15) is 74.3 Å². The van der Waals surface area contributed by atoms with Gasteiger partial charge < -0.3 is 27.2 Å². The lowest BCUT2D eigenvalue weighted by Crippen LogP contribution is -2.32. The van der Waals surface area contributed by atoms with E-state index in [1.165, 1.54) is 46.9 Å². The van der Waals surface area contributed by atoms with Gasteiger partial charge in [-0.2, -0.15) is 0 Å². The van der Waals surface area contributed by atoms with Crippen LogP contribution < -0.4 is 17.2 Å². The molecule has 3 saturated carbocycles. The summed E-state index contributed by atoms with van der Waals surface area (Å²) in [5, 5.41) is 13.0. The number of nitrogens with two attached hydrogens (primary N) is 3. The van der Waals surface area contributed by atoms with Gasteiger partial charge in [0.15, 0.2) is 0 Å². The van der Waals surface area contributed by atoms with E-state index >= 15 is 0 Å². The molecule has 7 N–H and O–H groups in total. The first-order chi connectivity index (χ1) is 46.0. The molecule has 1 amide bonds. The molecule has 3 aliphatic rings. The van der Waals surface area contributed by atoms with E-state index in [0.717, 1.165) is 136 Å². The average molecular weight is 1320 g/mol. The third-order valence-corrected chi connectivity index (χ3v) is 23.6. The maximum absolute atomic E-state index is 12.9. The number of fused-ring (bicyclic) bond motifs is 6. The number of aliphatic carboxylic acids is 1. The van der Waals surface area contributed by atoms with Crippen LogP contribution in [0.4, 0.5) is 17.5 Å². The molecule has 10 heterocycles. The fourth-order valence-electron chi connectivity index (χ4n) is 14.7. The zero-order valence-corrected chi connectivity index (χ0v) is 56.4. The number of hydrogen-bond acceptors (Lipinski definition) is 16. The Morgan fingerprint density at radius 2 is 0.863 bits per heavy atom. The number of nitrogen functional groups attached to an aromatic ring is 3. The van der Waals surface area contributed by atoms with Crippen LogP contribution in [0, 0.1) is 38.5 Å². The van der Waals surface area contributed by atoms with Crippen molar-refractivity contribution in [3.8, 4) is 31.7 Å². The standard InChI is InChI=1S/C28H27N5OS.C24H27N5OS.C22H22N4O2S/c1-17-4-2-6-21-15-23(35-26(17)21)24-25-27(29)31-12-13-33(25)28(32-24)20-9-7-19(8-10-20)22(34)14-18-5-3-11-30-16-18;1-14-5-4-6-17-13-18(31-21(14)17)19-20-22(25)26-11-12-29(20)23(27-19)15-7-9-16(10-8-15)24(30)28(2)3;1-12-3-2-4-15-11-16(29-19(12)15)17-18-20(23)24-9-10-26(18)21(25-17)13-5-7-14(8-6-13)22(27)28/h2-6,11-13,15-16,19-20H,7-10,14H2,1H3,(H2,29,31);4-6,11-13,15-16H,7-10H2,1-3H3,(H2,25,26);2-4,9-11,13-14H,5-8H2,1H3,(H2,23,24)(H,27,28). The molecule has 3 aromatic carbocycles. The van der Waals surface area contributed by atoms with Crippen LogP contribution in [-0.4, -0.2) is 89.9 Å². The number of carbonyl (C=O) groups is 3. The number of aromatic nitrogens is 10. The molecular weight excluding hydrogens is 1250 g/mol.